The molecule has 6 aliphatic rings. The van der Waals surface area contributed by atoms with Crippen LogP contribution in [0.4, 0.5) is 0 Å². The van der Waals surface area contributed by atoms with Crippen LogP contribution in [-0.4, -0.2) is 83.9 Å². The van der Waals surface area contributed by atoms with Gasteiger partial charge in [-0.25, -0.2) is 0 Å². The highest BCUT2D eigenvalue weighted by molar-refractivity contribution is 14.1. The maximum Gasteiger partial charge on any atom is 0.327 e. The summed E-state index contributed by atoms with van der Waals surface area (Å²) in [6, 6.07) is 6.89. The molecule has 3 aliphatic heterocycles. The van der Waals surface area contributed by atoms with Gasteiger partial charge in [0.05, 0.1) is 13.2 Å². The Balaban J connectivity index is 1.21. The summed E-state index contributed by atoms with van der Waals surface area (Å²) in [4.78, 5) is 46.5. The fraction of sp³-hybridized carbons (Fsp3) is 0.679. The number of esters is 1. The third-order valence-electron chi connectivity index (χ3n) is 9.26. The van der Waals surface area contributed by atoms with E-state index < -0.39 is 47.6 Å². The molecule has 1 aromatic rings. The number of hydrogen-bond acceptors (Lipinski definition) is 9. The number of aliphatic hydroxyl groups is 1. The maximum atomic E-state index is 14.1. The van der Waals surface area contributed by atoms with Gasteiger partial charge in [-0.05, 0) is 59.9 Å². The van der Waals surface area contributed by atoms with Gasteiger partial charge in [-0.2, -0.15) is 5.06 Å². The van der Waals surface area contributed by atoms with Gasteiger partial charge in [-0.15, -0.1) is 0 Å². The Morgan fingerprint density at radius 1 is 1.05 bits per heavy atom. The Kier molecular flexibility index (Phi) is 6.86. The van der Waals surface area contributed by atoms with E-state index >= 15 is 0 Å². The number of hydrogen-bond donors (Lipinski definition) is 3. The van der Waals surface area contributed by atoms with Crippen molar-refractivity contribution in [3.63, 3.8) is 0 Å². The number of aliphatic hydroxyl groups excluding tert-OH is 1. The minimum Gasteiger partial charge on any atom is -0.458 e. The van der Waals surface area contributed by atoms with Crippen molar-refractivity contribution in [2.75, 3.05) is 19.7 Å². The lowest BCUT2D eigenvalue weighted by molar-refractivity contribution is -0.235. The monoisotopic (exact) mass is 667 g/mol. The normalized spacial score (nSPS) is 35.6. The lowest BCUT2D eigenvalue weighted by Gasteiger charge is -2.48. The third-order valence-corrected chi connectivity index (χ3v) is 10.3. The number of halogens is 1. The molecule has 3 saturated heterocycles. The van der Waals surface area contributed by atoms with Gasteiger partial charge in [-0.1, -0.05) is 18.2 Å². The molecule has 6 atom stereocenters. The average Bonchev–Trinajstić information content (AvgIpc) is 3.88. The Morgan fingerprint density at radius 2 is 1.77 bits per heavy atom. The van der Waals surface area contributed by atoms with Crippen LogP contribution < -0.4 is 10.6 Å². The molecule has 6 fully saturated rings. The van der Waals surface area contributed by atoms with Crippen LogP contribution >= 0.6 is 22.6 Å². The van der Waals surface area contributed by atoms with Gasteiger partial charge < -0.3 is 30.0 Å². The lowest BCUT2D eigenvalue weighted by atomic mass is 9.62. The Morgan fingerprint density at radius 3 is 2.48 bits per heavy atom. The molecule has 3 saturated carbocycles. The number of nitrogens with zero attached hydrogens (tertiary/aromatic N) is 1. The molecule has 0 aromatic heterocycles. The molecule has 3 heterocycles. The molecule has 7 rings (SSSR count). The van der Waals surface area contributed by atoms with Gasteiger partial charge in [-0.3, -0.25) is 19.2 Å². The topological polar surface area (TPSA) is 136 Å². The zero-order valence-electron chi connectivity index (χ0n) is 22.1. The minimum absolute atomic E-state index is 0.0515. The van der Waals surface area contributed by atoms with Gasteiger partial charge in [0.1, 0.15) is 29.8 Å². The van der Waals surface area contributed by atoms with Gasteiger partial charge in [0, 0.05) is 41.3 Å². The summed E-state index contributed by atoms with van der Waals surface area (Å²) in [5, 5.41) is 16.1. The smallest absolute Gasteiger partial charge is 0.327 e. The van der Waals surface area contributed by atoms with Gasteiger partial charge >= 0.3 is 5.97 Å². The Bertz CT molecular complexity index is 1200. The molecule has 11 nitrogen and oxygen atoms in total. The van der Waals surface area contributed by atoms with E-state index in [9.17, 15) is 14.4 Å². The SMILES string of the molecule is O=C(CCNC(=O)[C@@]12C[C@H]3OC(=O)[C@@H]1N(Cc1ccccc1I)O[C@@H]2[C@H]1OC(C2CC2)(C2CC2)O[C@H]13)NCCO. The largest absolute Gasteiger partial charge is 0.458 e. The summed E-state index contributed by atoms with van der Waals surface area (Å²) in [7, 11) is 0. The van der Waals surface area contributed by atoms with Crippen molar-refractivity contribution >= 4 is 40.4 Å². The number of rotatable bonds is 10. The van der Waals surface area contributed by atoms with Crippen molar-refractivity contribution in [2.24, 2.45) is 17.3 Å². The van der Waals surface area contributed by atoms with Crippen LogP contribution in [0.5, 0.6) is 0 Å². The van der Waals surface area contributed by atoms with Crippen molar-refractivity contribution in [1.29, 1.82) is 0 Å². The first-order chi connectivity index (χ1) is 19.4. The molecule has 1 aromatic carbocycles. The first kappa shape index (κ1) is 27.0. The number of hydroxylamine groups is 2. The molecule has 216 valence electrons. The van der Waals surface area contributed by atoms with Crippen molar-refractivity contribution in [2.45, 2.75) is 81.3 Å². The highest BCUT2D eigenvalue weighted by Crippen LogP contribution is 2.63. The van der Waals surface area contributed by atoms with Crippen LogP contribution in [0.1, 0.15) is 44.1 Å². The Labute approximate surface area is 245 Å². The number of benzene rings is 1. The van der Waals surface area contributed by atoms with Crippen LogP contribution in [0.25, 0.3) is 0 Å². The number of carbonyl (C=O) groups is 3. The molecule has 3 N–H and O–H groups in total. The number of nitrogens with one attached hydrogen (secondary N) is 2. The zero-order chi connectivity index (χ0) is 27.6. The van der Waals surface area contributed by atoms with Gasteiger partial charge in [0.25, 0.3) is 0 Å². The molecule has 40 heavy (non-hydrogen) atoms. The molecule has 2 amide bonds. The first-order valence-electron chi connectivity index (χ1n) is 14.3. The standard InChI is InChI=1S/C28H34IN3O8/c29-18-4-2-1-3-15(18)14-32-23-25(35)37-19-13-27(23,26(36)31-10-9-20(34)30-11-12-33)24(40-32)22-21(19)38-28(39-22,16-5-6-16)17-7-8-17/h1-4,16-17,19,21-24,33H,5-14H2,(H,30,34)(H,31,36)/t19-,21+,22+,23+,24-,27+/m1/s1. The molecule has 0 unspecified atom stereocenters. The Hall–Kier alpha value is -1.84. The second-order valence-corrected chi connectivity index (χ2v) is 13.0. The fourth-order valence-electron chi connectivity index (χ4n) is 7.20. The highest BCUT2D eigenvalue weighted by Gasteiger charge is 2.78. The number of ether oxygens (including phenoxy) is 3. The summed E-state index contributed by atoms with van der Waals surface area (Å²) >= 11 is 2.25. The van der Waals surface area contributed by atoms with Crippen LogP contribution in [0.15, 0.2) is 24.3 Å². The van der Waals surface area contributed by atoms with Gasteiger partial charge in [0.15, 0.2) is 11.8 Å². The summed E-state index contributed by atoms with van der Waals surface area (Å²) in [6.07, 6.45) is 2.04. The predicted octanol–water partition coefficient (Wildman–Crippen LogP) is 1.01. The number of fused-ring (bicyclic) bond motifs is 4. The fourth-order valence-corrected chi connectivity index (χ4v) is 7.76. The van der Waals surface area contributed by atoms with Crippen molar-refractivity contribution in [3.8, 4) is 0 Å². The van der Waals surface area contributed by atoms with Crippen molar-refractivity contribution < 1.29 is 38.5 Å². The lowest BCUT2D eigenvalue weighted by Crippen LogP contribution is -2.69. The molecule has 0 radical (unpaired) electrons. The van der Waals surface area contributed by atoms with E-state index in [0.29, 0.717) is 18.4 Å². The average molecular weight is 667 g/mol. The molecular formula is C28H34IN3O8. The highest BCUT2D eigenvalue weighted by atomic mass is 127. The second-order valence-electron chi connectivity index (χ2n) is 11.8. The molecule has 12 heteroatoms. The van der Waals surface area contributed by atoms with E-state index in [1.165, 1.54) is 0 Å². The van der Waals surface area contributed by atoms with Crippen LogP contribution in [-0.2, 0) is 40.0 Å². The predicted molar refractivity (Wildman–Crippen MR) is 146 cm³/mol. The summed E-state index contributed by atoms with van der Waals surface area (Å²) in [5.41, 5.74) is -0.284. The third kappa shape index (κ3) is 4.28. The van der Waals surface area contributed by atoms with E-state index in [2.05, 4.69) is 33.2 Å². The van der Waals surface area contributed by atoms with Crippen molar-refractivity contribution in [1.82, 2.24) is 15.7 Å². The molecule has 0 spiro atoms. The summed E-state index contributed by atoms with van der Waals surface area (Å²) in [5.74, 6) is -1.21. The number of carbonyl (C=O) groups excluding carboxylic acids is 3. The van der Waals surface area contributed by atoms with Gasteiger partial charge in [0.2, 0.25) is 11.8 Å². The zero-order valence-corrected chi connectivity index (χ0v) is 24.2. The summed E-state index contributed by atoms with van der Waals surface area (Å²) in [6.45, 7) is 0.384. The first-order valence-corrected chi connectivity index (χ1v) is 15.3. The van der Waals surface area contributed by atoms with Crippen LogP contribution in [0.3, 0.4) is 0 Å². The number of amides is 2. The summed E-state index contributed by atoms with van der Waals surface area (Å²) < 4.78 is 20.6. The minimum atomic E-state index is -1.25. The molecule has 3 aliphatic carbocycles. The maximum absolute atomic E-state index is 14.1. The van der Waals surface area contributed by atoms with Crippen LogP contribution in [0, 0.1) is 20.8 Å². The molecule has 2 bridgehead atoms. The van der Waals surface area contributed by atoms with E-state index in [-0.39, 0.29) is 44.4 Å². The quantitative estimate of drug-likeness (QED) is 0.247. The van der Waals surface area contributed by atoms with E-state index in [0.717, 1.165) is 34.8 Å². The molecular weight excluding hydrogens is 633 g/mol. The van der Waals surface area contributed by atoms with Crippen molar-refractivity contribution in [3.05, 3.63) is 33.4 Å². The van der Waals surface area contributed by atoms with Crippen LogP contribution in [0.2, 0.25) is 0 Å². The van der Waals surface area contributed by atoms with E-state index in [4.69, 9.17) is 24.2 Å². The second kappa shape index (κ2) is 10.2. The van der Waals surface area contributed by atoms with E-state index in [1.807, 2.05) is 24.3 Å². The van der Waals surface area contributed by atoms with E-state index in [1.54, 1.807) is 5.06 Å².